The maximum Gasteiger partial charge on any atom is 0.237 e. The largest absolute Gasteiger partial charge is 0.496 e. The van der Waals surface area contributed by atoms with Crippen molar-refractivity contribution in [2.24, 2.45) is 0 Å². The maximum atomic E-state index is 6.05. The number of para-hydroxylation sites is 1. The Morgan fingerprint density at radius 2 is 1.88 bits per heavy atom. The van der Waals surface area contributed by atoms with Gasteiger partial charge in [0.1, 0.15) is 11.5 Å². The lowest BCUT2D eigenvalue weighted by Gasteiger charge is -2.08. The van der Waals surface area contributed by atoms with Crippen molar-refractivity contribution < 1.29 is 13.7 Å². The molecule has 5 aromatic rings. The van der Waals surface area contributed by atoms with Crippen LogP contribution in [0.15, 0.2) is 81.0 Å². The first kappa shape index (κ1) is 21.3. The summed E-state index contributed by atoms with van der Waals surface area (Å²) in [5, 5.41) is 14.3. The zero-order chi connectivity index (χ0) is 22.6. The lowest BCUT2D eigenvalue weighted by atomic mass is 10.2. The number of methoxy groups -OCH3 is 1. The Hall–Kier alpha value is -3.56. The van der Waals surface area contributed by atoms with E-state index in [1.807, 2.05) is 65.2 Å². The van der Waals surface area contributed by atoms with Crippen LogP contribution in [0, 0.1) is 0 Å². The predicted molar refractivity (Wildman–Crippen MR) is 124 cm³/mol. The Morgan fingerprint density at radius 1 is 1.03 bits per heavy atom. The van der Waals surface area contributed by atoms with Crippen LogP contribution >= 0.6 is 23.4 Å². The zero-order valence-electron chi connectivity index (χ0n) is 17.5. The first-order valence-electron chi connectivity index (χ1n) is 10.0. The van der Waals surface area contributed by atoms with Crippen molar-refractivity contribution in [3.8, 4) is 28.5 Å². The van der Waals surface area contributed by atoms with Crippen LogP contribution in [0.25, 0.3) is 22.8 Å². The molecule has 0 radical (unpaired) electrons. The molecule has 0 aliphatic carbocycles. The van der Waals surface area contributed by atoms with Crippen LogP contribution in [0.3, 0.4) is 0 Å². The first-order chi connectivity index (χ1) is 16.2. The van der Waals surface area contributed by atoms with Gasteiger partial charge in [-0.3, -0.25) is 4.57 Å². The molecule has 0 atom stereocenters. The fraction of sp³-hybridized carbons (Fsp3) is 0.130. The molecule has 5 rings (SSSR count). The molecule has 0 spiro atoms. The molecule has 33 heavy (non-hydrogen) atoms. The minimum atomic E-state index is 0.430. The highest BCUT2D eigenvalue weighted by atomic mass is 35.5. The fourth-order valence-corrected chi connectivity index (χ4v) is 4.19. The fourth-order valence-electron chi connectivity index (χ4n) is 3.29. The van der Waals surface area contributed by atoms with Gasteiger partial charge in [-0.1, -0.05) is 40.7 Å². The number of hydrogen-bond acceptors (Lipinski definition) is 8. The summed E-state index contributed by atoms with van der Waals surface area (Å²) in [4.78, 5) is 4.51. The van der Waals surface area contributed by atoms with Crippen molar-refractivity contribution in [1.82, 2.24) is 24.9 Å². The van der Waals surface area contributed by atoms with E-state index in [0.717, 1.165) is 16.9 Å². The Labute approximate surface area is 198 Å². The second-order valence-electron chi connectivity index (χ2n) is 6.98. The quantitative estimate of drug-likeness (QED) is 0.266. The summed E-state index contributed by atoms with van der Waals surface area (Å²) in [7, 11) is 1.61. The van der Waals surface area contributed by atoms with E-state index in [1.54, 1.807) is 13.4 Å². The summed E-state index contributed by atoms with van der Waals surface area (Å²) in [6.07, 6.45) is 1.65. The average Bonchev–Trinajstić information content (AvgIpc) is 3.60. The molecule has 0 saturated heterocycles. The summed E-state index contributed by atoms with van der Waals surface area (Å²) in [5.74, 6) is 3.57. The topological polar surface area (TPSA) is 92.0 Å². The lowest BCUT2D eigenvalue weighted by molar-refractivity contribution is 0.390. The van der Waals surface area contributed by atoms with E-state index < -0.39 is 0 Å². The van der Waals surface area contributed by atoms with Gasteiger partial charge in [0.25, 0.3) is 0 Å². The SMILES string of the molecule is COc1ccccc1-c1noc(CSc2nnc(-c3ccc(Cl)cc3)n2Cc2ccco2)n1. The molecule has 3 heterocycles. The van der Waals surface area contributed by atoms with Crippen LogP contribution < -0.4 is 4.74 Å². The standard InChI is InChI=1S/C23H18ClN5O3S/c1-30-19-7-3-2-6-18(19)21-25-20(32-28-21)14-33-23-27-26-22(15-8-10-16(24)11-9-15)29(23)13-17-5-4-12-31-17/h2-12H,13-14H2,1H3. The number of halogens is 1. The molecule has 0 amide bonds. The van der Waals surface area contributed by atoms with Crippen molar-refractivity contribution >= 4 is 23.4 Å². The molecule has 166 valence electrons. The summed E-state index contributed by atoms with van der Waals surface area (Å²) in [6, 6.07) is 18.8. The Bertz CT molecular complexity index is 1350. The third-order valence-corrected chi connectivity index (χ3v) is 6.06. The molecule has 0 saturated carbocycles. The van der Waals surface area contributed by atoms with Gasteiger partial charge in [0.05, 0.1) is 31.2 Å². The van der Waals surface area contributed by atoms with Crippen LogP contribution in [0.2, 0.25) is 5.02 Å². The number of ether oxygens (including phenoxy) is 1. The number of thioether (sulfide) groups is 1. The van der Waals surface area contributed by atoms with E-state index in [1.165, 1.54) is 11.8 Å². The molecule has 8 nitrogen and oxygen atoms in total. The molecule has 0 N–H and O–H groups in total. The Morgan fingerprint density at radius 3 is 2.67 bits per heavy atom. The van der Waals surface area contributed by atoms with Gasteiger partial charge in [0.15, 0.2) is 11.0 Å². The van der Waals surface area contributed by atoms with E-state index in [2.05, 4.69) is 20.3 Å². The van der Waals surface area contributed by atoms with Crippen LogP contribution in [0.1, 0.15) is 11.7 Å². The third-order valence-electron chi connectivity index (χ3n) is 4.85. The minimum Gasteiger partial charge on any atom is -0.496 e. The van der Waals surface area contributed by atoms with Crippen molar-refractivity contribution in [2.75, 3.05) is 7.11 Å². The third kappa shape index (κ3) is 4.64. The summed E-state index contributed by atoms with van der Waals surface area (Å²) in [6.45, 7) is 0.483. The van der Waals surface area contributed by atoms with E-state index >= 15 is 0 Å². The minimum absolute atomic E-state index is 0.430. The summed E-state index contributed by atoms with van der Waals surface area (Å²) >= 11 is 7.50. The molecule has 0 bridgehead atoms. The van der Waals surface area contributed by atoms with Crippen LogP contribution in [0.5, 0.6) is 5.75 Å². The highest BCUT2D eigenvalue weighted by Crippen LogP contribution is 2.30. The van der Waals surface area contributed by atoms with E-state index in [-0.39, 0.29) is 0 Å². The van der Waals surface area contributed by atoms with E-state index in [9.17, 15) is 0 Å². The van der Waals surface area contributed by atoms with Gasteiger partial charge in [-0.05, 0) is 48.5 Å². The van der Waals surface area contributed by atoms with Gasteiger partial charge < -0.3 is 13.7 Å². The molecule has 3 aromatic heterocycles. The molecular weight excluding hydrogens is 462 g/mol. The summed E-state index contributed by atoms with van der Waals surface area (Å²) in [5.41, 5.74) is 1.67. The average molecular weight is 480 g/mol. The van der Waals surface area contributed by atoms with Gasteiger partial charge in [-0.15, -0.1) is 10.2 Å². The van der Waals surface area contributed by atoms with Gasteiger partial charge >= 0.3 is 0 Å². The van der Waals surface area contributed by atoms with Crippen LogP contribution in [-0.4, -0.2) is 32.0 Å². The van der Waals surface area contributed by atoms with Crippen molar-refractivity contribution in [2.45, 2.75) is 17.5 Å². The molecule has 2 aromatic carbocycles. The maximum absolute atomic E-state index is 6.05. The highest BCUT2D eigenvalue weighted by Gasteiger charge is 2.18. The van der Waals surface area contributed by atoms with E-state index in [0.29, 0.717) is 45.8 Å². The van der Waals surface area contributed by atoms with Gasteiger partial charge in [0.2, 0.25) is 11.7 Å². The molecule has 0 aliphatic rings. The van der Waals surface area contributed by atoms with Gasteiger partial charge in [0, 0.05) is 10.6 Å². The number of rotatable bonds is 8. The van der Waals surface area contributed by atoms with Crippen molar-refractivity contribution in [3.63, 3.8) is 0 Å². The molecule has 0 fully saturated rings. The van der Waals surface area contributed by atoms with Crippen molar-refractivity contribution in [3.05, 3.63) is 83.6 Å². The Balaban J connectivity index is 1.39. The van der Waals surface area contributed by atoms with Crippen molar-refractivity contribution in [1.29, 1.82) is 0 Å². The molecule has 10 heteroatoms. The zero-order valence-corrected chi connectivity index (χ0v) is 19.1. The first-order valence-corrected chi connectivity index (χ1v) is 11.4. The van der Waals surface area contributed by atoms with Crippen LogP contribution in [0.4, 0.5) is 0 Å². The smallest absolute Gasteiger partial charge is 0.237 e. The lowest BCUT2D eigenvalue weighted by Crippen LogP contribution is -2.03. The number of aromatic nitrogens is 5. The van der Waals surface area contributed by atoms with E-state index in [4.69, 9.17) is 25.3 Å². The molecule has 0 aliphatic heterocycles. The summed E-state index contributed by atoms with van der Waals surface area (Å²) < 4.78 is 18.4. The highest BCUT2D eigenvalue weighted by molar-refractivity contribution is 7.98. The second-order valence-corrected chi connectivity index (χ2v) is 8.36. The van der Waals surface area contributed by atoms with Crippen LogP contribution in [-0.2, 0) is 12.3 Å². The number of benzene rings is 2. The number of nitrogens with zero attached hydrogens (tertiary/aromatic N) is 5. The monoisotopic (exact) mass is 479 g/mol. The van der Waals surface area contributed by atoms with Gasteiger partial charge in [-0.25, -0.2) is 0 Å². The number of hydrogen-bond donors (Lipinski definition) is 0. The molecular formula is C23H18ClN5O3S. The second kappa shape index (κ2) is 9.51. The Kier molecular flexibility index (Phi) is 6.14. The normalized spacial score (nSPS) is 11.1. The molecule has 0 unspecified atom stereocenters. The number of furan rings is 1. The predicted octanol–water partition coefficient (Wildman–Crippen LogP) is 5.59. The van der Waals surface area contributed by atoms with Gasteiger partial charge in [-0.2, -0.15) is 4.98 Å².